The number of furan rings is 1. The van der Waals surface area contributed by atoms with Crippen LogP contribution in [0.2, 0.25) is 0 Å². The second-order valence-electron chi connectivity index (χ2n) is 4.54. The fraction of sp³-hybridized carbons (Fsp3) is 0.733. The number of nitrogens with one attached hydrogen (secondary N) is 1. The van der Waals surface area contributed by atoms with Crippen molar-refractivity contribution < 1.29 is 13.9 Å². The van der Waals surface area contributed by atoms with Gasteiger partial charge in [0, 0.05) is 51.5 Å². The summed E-state index contributed by atoms with van der Waals surface area (Å²) in [6, 6.07) is 1.98. The van der Waals surface area contributed by atoms with Crippen molar-refractivity contribution in [2.24, 2.45) is 0 Å². The average Bonchev–Trinajstić information content (AvgIpc) is 2.96. The number of hydrogen-bond acceptors (Lipinski definition) is 5. The average molecular weight is 284 g/mol. The van der Waals surface area contributed by atoms with E-state index in [-0.39, 0.29) is 0 Å². The molecular weight excluding hydrogens is 256 g/mol. The molecule has 0 bridgehead atoms. The molecule has 0 unspecified atom stereocenters. The van der Waals surface area contributed by atoms with Crippen LogP contribution in [-0.4, -0.2) is 57.5 Å². The van der Waals surface area contributed by atoms with E-state index >= 15 is 0 Å². The van der Waals surface area contributed by atoms with Gasteiger partial charge in [0.05, 0.1) is 25.7 Å². The van der Waals surface area contributed by atoms with Gasteiger partial charge in [-0.25, -0.2) is 0 Å². The molecule has 0 fully saturated rings. The molecule has 0 radical (unpaired) electrons. The predicted molar refractivity (Wildman–Crippen MR) is 79.8 cm³/mol. The van der Waals surface area contributed by atoms with Gasteiger partial charge in [0.15, 0.2) is 0 Å². The van der Waals surface area contributed by atoms with Gasteiger partial charge in [0.25, 0.3) is 0 Å². The molecule has 1 aromatic rings. The molecule has 1 heterocycles. The predicted octanol–water partition coefficient (Wildman–Crippen LogP) is 1.74. The summed E-state index contributed by atoms with van der Waals surface area (Å²) < 4.78 is 15.9. The van der Waals surface area contributed by atoms with Crippen molar-refractivity contribution >= 4 is 0 Å². The maximum atomic E-state index is 5.42. The van der Waals surface area contributed by atoms with Crippen LogP contribution in [0.3, 0.4) is 0 Å². The van der Waals surface area contributed by atoms with Crippen LogP contribution in [0.25, 0.3) is 0 Å². The summed E-state index contributed by atoms with van der Waals surface area (Å²) in [6.07, 6.45) is 3.47. The topological polar surface area (TPSA) is 46.9 Å². The van der Waals surface area contributed by atoms with E-state index in [0.717, 1.165) is 59.2 Å². The van der Waals surface area contributed by atoms with Crippen LogP contribution in [0.4, 0.5) is 0 Å². The zero-order valence-electron chi connectivity index (χ0n) is 12.8. The van der Waals surface area contributed by atoms with E-state index in [1.807, 2.05) is 19.9 Å². The number of ether oxygens (including phenoxy) is 2. The van der Waals surface area contributed by atoms with E-state index in [4.69, 9.17) is 13.9 Å². The van der Waals surface area contributed by atoms with Gasteiger partial charge in [-0.2, -0.15) is 0 Å². The van der Waals surface area contributed by atoms with Gasteiger partial charge < -0.3 is 19.2 Å². The van der Waals surface area contributed by atoms with Crippen molar-refractivity contribution in [2.45, 2.75) is 20.4 Å². The Hall–Kier alpha value is -0.880. The first-order valence-electron chi connectivity index (χ1n) is 7.46. The Balaban J connectivity index is 2.13. The van der Waals surface area contributed by atoms with Crippen LogP contribution in [0.5, 0.6) is 0 Å². The van der Waals surface area contributed by atoms with Crippen molar-refractivity contribution in [1.82, 2.24) is 10.2 Å². The Bertz CT molecular complexity index is 294. The number of rotatable bonds is 13. The number of hydrogen-bond donors (Lipinski definition) is 1. The van der Waals surface area contributed by atoms with Gasteiger partial charge in [-0.3, -0.25) is 4.90 Å². The van der Waals surface area contributed by atoms with E-state index in [1.165, 1.54) is 5.56 Å². The molecule has 116 valence electrons. The van der Waals surface area contributed by atoms with E-state index in [0.29, 0.717) is 0 Å². The second kappa shape index (κ2) is 11.9. The van der Waals surface area contributed by atoms with Crippen molar-refractivity contribution in [1.29, 1.82) is 0 Å². The Morgan fingerprint density at radius 3 is 2.35 bits per heavy atom. The molecule has 5 nitrogen and oxygen atoms in total. The van der Waals surface area contributed by atoms with E-state index < -0.39 is 0 Å². The maximum Gasteiger partial charge on any atom is 0.0947 e. The Kier molecular flexibility index (Phi) is 10.2. The van der Waals surface area contributed by atoms with Gasteiger partial charge in [-0.15, -0.1) is 0 Å². The second-order valence-corrected chi connectivity index (χ2v) is 4.54. The highest BCUT2D eigenvalue weighted by Crippen LogP contribution is 1.98. The first kappa shape index (κ1) is 17.2. The molecule has 0 amide bonds. The molecule has 1 rings (SSSR count). The molecular formula is C15H28N2O3. The first-order chi connectivity index (χ1) is 9.86. The third-order valence-corrected chi connectivity index (χ3v) is 3.03. The third-order valence-electron chi connectivity index (χ3n) is 3.03. The van der Waals surface area contributed by atoms with Gasteiger partial charge in [-0.1, -0.05) is 0 Å². The highest BCUT2D eigenvalue weighted by molar-refractivity contribution is 5.04. The quantitative estimate of drug-likeness (QED) is 0.559. The molecule has 0 aromatic carbocycles. The minimum absolute atomic E-state index is 0.776. The van der Waals surface area contributed by atoms with Gasteiger partial charge in [-0.05, 0) is 19.9 Å². The first-order valence-corrected chi connectivity index (χ1v) is 7.46. The van der Waals surface area contributed by atoms with Crippen LogP contribution in [0, 0.1) is 0 Å². The van der Waals surface area contributed by atoms with E-state index in [9.17, 15) is 0 Å². The molecule has 0 aliphatic carbocycles. The number of nitrogens with zero attached hydrogens (tertiary/aromatic N) is 1. The van der Waals surface area contributed by atoms with E-state index in [1.54, 1.807) is 12.5 Å². The van der Waals surface area contributed by atoms with Crippen molar-refractivity contribution in [2.75, 3.05) is 52.6 Å². The lowest BCUT2D eigenvalue weighted by atomic mass is 10.3. The molecule has 0 aliphatic rings. The lowest BCUT2D eigenvalue weighted by molar-refractivity contribution is 0.0832. The zero-order valence-corrected chi connectivity index (χ0v) is 12.8. The van der Waals surface area contributed by atoms with E-state index in [2.05, 4.69) is 10.2 Å². The third kappa shape index (κ3) is 8.32. The van der Waals surface area contributed by atoms with Crippen LogP contribution in [0.15, 0.2) is 23.0 Å². The van der Waals surface area contributed by atoms with Crippen molar-refractivity contribution in [3.05, 3.63) is 24.2 Å². The molecule has 0 saturated heterocycles. The Morgan fingerprint density at radius 2 is 1.80 bits per heavy atom. The lowest BCUT2D eigenvalue weighted by Gasteiger charge is -2.22. The summed E-state index contributed by atoms with van der Waals surface area (Å²) >= 11 is 0. The molecule has 0 saturated carbocycles. The van der Waals surface area contributed by atoms with Crippen LogP contribution in [-0.2, 0) is 16.0 Å². The monoisotopic (exact) mass is 284 g/mol. The fourth-order valence-corrected chi connectivity index (χ4v) is 1.87. The molecule has 0 atom stereocenters. The standard InChI is InChI=1S/C15H28N2O3/c1-3-18-11-8-17(9-12-19-4-2)7-6-16-13-15-5-10-20-14-15/h5,10,14,16H,3-4,6-9,11-13H2,1-2H3. The molecule has 1 aromatic heterocycles. The summed E-state index contributed by atoms with van der Waals surface area (Å²) in [6.45, 7) is 11.9. The van der Waals surface area contributed by atoms with Gasteiger partial charge in [0.1, 0.15) is 0 Å². The van der Waals surface area contributed by atoms with Crippen molar-refractivity contribution in [3.63, 3.8) is 0 Å². The molecule has 5 heteroatoms. The summed E-state index contributed by atoms with van der Waals surface area (Å²) in [4.78, 5) is 2.37. The van der Waals surface area contributed by atoms with Gasteiger partial charge in [0.2, 0.25) is 0 Å². The van der Waals surface area contributed by atoms with Crippen molar-refractivity contribution in [3.8, 4) is 0 Å². The summed E-state index contributed by atoms with van der Waals surface area (Å²) in [7, 11) is 0. The lowest BCUT2D eigenvalue weighted by Crippen LogP contribution is -2.36. The summed E-state index contributed by atoms with van der Waals surface area (Å²) in [5.74, 6) is 0. The highest BCUT2D eigenvalue weighted by Gasteiger charge is 2.04. The normalized spacial score (nSPS) is 11.3. The molecule has 1 N–H and O–H groups in total. The zero-order chi connectivity index (χ0) is 14.5. The highest BCUT2D eigenvalue weighted by atomic mass is 16.5. The van der Waals surface area contributed by atoms with Crippen LogP contribution < -0.4 is 5.32 Å². The Morgan fingerprint density at radius 1 is 1.10 bits per heavy atom. The van der Waals surface area contributed by atoms with Gasteiger partial charge >= 0.3 is 0 Å². The van der Waals surface area contributed by atoms with Crippen LogP contribution >= 0.6 is 0 Å². The van der Waals surface area contributed by atoms with Crippen LogP contribution in [0.1, 0.15) is 19.4 Å². The summed E-state index contributed by atoms with van der Waals surface area (Å²) in [5, 5.41) is 3.42. The SMILES string of the molecule is CCOCCN(CCNCc1ccoc1)CCOCC. The maximum absolute atomic E-state index is 5.42. The molecule has 0 spiro atoms. The minimum atomic E-state index is 0.776. The minimum Gasteiger partial charge on any atom is -0.472 e. The fourth-order valence-electron chi connectivity index (χ4n) is 1.87. The summed E-state index contributed by atoms with van der Waals surface area (Å²) in [5.41, 5.74) is 1.18. The molecule has 20 heavy (non-hydrogen) atoms. The smallest absolute Gasteiger partial charge is 0.0947 e. The Labute approximate surface area is 122 Å². The largest absolute Gasteiger partial charge is 0.472 e. The molecule has 0 aliphatic heterocycles.